The highest BCUT2D eigenvalue weighted by atomic mass is 79.9. The minimum atomic E-state index is 0.725. The van der Waals surface area contributed by atoms with E-state index in [0.29, 0.717) is 0 Å². The molecule has 6 heteroatoms. The van der Waals surface area contributed by atoms with Gasteiger partial charge in [0.05, 0.1) is 11.9 Å². The van der Waals surface area contributed by atoms with Crippen molar-refractivity contribution in [2.75, 3.05) is 11.4 Å². The molecule has 0 fully saturated rings. The van der Waals surface area contributed by atoms with Gasteiger partial charge in [-0.05, 0) is 22.0 Å². The van der Waals surface area contributed by atoms with E-state index in [1.165, 1.54) is 0 Å². The third-order valence-electron chi connectivity index (χ3n) is 2.35. The highest BCUT2D eigenvalue weighted by Crippen LogP contribution is 2.25. The Morgan fingerprint density at radius 3 is 3.19 bits per heavy atom. The van der Waals surface area contributed by atoms with Crippen LogP contribution in [0.5, 0.6) is 0 Å². The van der Waals surface area contributed by atoms with Crippen LogP contribution in [0.4, 0.5) is 5.82 Å². The molecule has 0 aliphatic carbocycles. The number of pyridine rings is 1. The first kappa shape index (κ1) is 9.53. The van der Waals surface area contributed by atoms with Crippen LogP contribution >= 0.6 is 15.9 Å². The van der Waals surface area contributed by atoms with E-state index < -0.39 is 0 Å². The van der Waals surface area contributed by atoms with E-state index in [1.54, 1.807) is 12.4 Å². The minimum Gasteiger partial charge on any atom is -0.324 e. The van der Waals surface area contributed by atoms with E-state index in [0.717, 1.165) is 27.9 Å². The number of aromatic amines is 1. The molecule has 0 radical (unpaired) electrons. The Bertz CT molecular complexity index is 586. The van der Waals surface area contributed by atoms with Crippen molar-refractivity contribution >= 4 is 39.0 Å². The van der Waals surface area contributed by atoms with Crippen LogP contribution in [0, 0.1) is 0 Å². The SMILES string of the molecule is Brc1cnc2[nH]nc(N3C=CN=CC3)c2c1. The lowest BCUT2D eigenvalue weighted by atomic mass is 10.3. The molecule has 80 valence electrons. The molecule has 0 saturated heterocycles. The lowest BCUT2D eigenvalue weighted by Crippen LogP contribution is -2.20. The van der Waals surface area contributed by atoms with Crippen molar-refractivity contribution in [1.29, 1.82) is 0 Å². The highest BCUT2D eigenvalue weighted by Gasteiger charge is 2.13. The Balaban J connectivity index is 2.13. The molecule has 0 saturated carbocycles. The Kier molecular flexibility index (Phi) is 2.21. The molecule has 1 aliphatic heterocycles. The van der Waals surface area contributed by atoms with Gasteiger partial charge >= 0.3 is 0 Å². The number of fused-ring (bicyclic) bond motifs is 1. The van der Waals surface area contributed by atoms with Gasteiger partial charge in [0.25, 0.3) is 0 Å². The summed E-state index contributed by atoms with van der Waals surface area (Å²) in [5, 5.41) is 8.17. The summed E-state index contributed by atoms with van der Waals surface area (Å²) in [5.74, 6) is 0.867. The van der Waals surface area contributed by atoms with Gasteiger partial charge in [0.15, 0.2) is 11.5 Å². The van der Waals surface area contributed by atoms with Crippen molar-refractivity contribution in [1.82, 2.24) is 15.2 Å². The molecule has 0 unspecified atom stereocenters. The zero-order valence-electron chi connectivity index (χ0n) is 8.26. The predicted octanol–water partition coefficient (Wildman–Crippen LogP) is 2.08. The zero-order valence-corrected chi connectivity index (χ0v) is 9.85. The number of hydrogen-bond donors (Lipinski definition) is 1. The number of nitrogens with one attached hydrogen (secondary N) is 1. The summed E-state index contributed by atoms with van der Waals surface area (Å²) in [7, 11) is 0. The number of anilines is 1. The maximum atomic E-state index is 4.26. The van der Waals surface area contributed by atoms with Crippen molar-refractivity contribution in [2.24, 2.45) is 4.99 Å². The lowest BCUT2D eigenvalue weighted by Gasteiger charge is -2.16. The molecule has 0 aromatic carbocycles. The Morgan fingerprint density at radius 1 is 1.44 bits per heavy atom. The number of aliphatic imine (C=N–C) groups is 1. The van der Waals surface area contributed by atoms with E-state index in [-0.39, 0.29) is 0 Å². The van der Waals surface area contributed by atoms with Crippen molar-refractivity contribution < 1.29 is 0 Å². The van der Waals surface area contributed by atoms with Crippen LogP contribution in [0.15, 0.2) is 34.1 Å². The average molecular weight is 278 g/mol. The van der Waals surface area contributed by atoms with Gasteiger partial charge in [-0.1, -0.05) is 0 Å². The van der Waals surface area contributed by atoms with E-state index in [4.69, 9.17) is 0 Å². The summed E-state index contributed by atoms with van der Waals surface area (Å²) in [6.07, 6.45) is 7.23. The van der Waals surface area contributed by atoms with Gasteiger partial charge in [-0.2, -0.15) is 5.10 Å². The number of hydrogen-bond acceptors (Lipinski definition) is 4. The molecule has 3 heterocycles. The second-order valence-corrected chi connectivity index (χ2v) is 4.29. The third-order valence-corrected chi connectivity index (χ3v) is 2.79. The van der Waals surface area contributed by atoms with E-state index in [9.17, 15) is 0 Å². The minimum absolute atomic E-state index is 0.725. The summed E-state index contributed by atoms with van der Waals surface area (Å²) in [5.41, 5.74) is 0.786. The smallest absolute Gasteiger partial charge is 0.164 e. The quantitative estimate of drug-likeness (QED) is 0.868. The molecule has 1 aliphatic rings. The highest BCUT2D eigenvalue weighted by molar-refractivity contribution is 9.10. The first-order valence-corrected chi connectivity index (χ1v) is 5.58. The topological polar surface area (TPSA) is 57.2 Å². The van der Waals surface area contributed by atoms with Crippen molar-refractivity contribution in [3.8, 4) is 0 Å². The maximum Gasteiger partial charge on any atom is 0.164 e. The molecule has 1 N–H and O–H groups in total. The standard InChI is InChI=1S/C10H8BrN5/c11-7-5-8-9(13-6-7)14-15-10(8)16-3-1-12-2-4-16/h1-3,5-6H,4H2,(H,13,14,15). The normalized spacial score (nSPS) is 14.9. The fourth-order valence-electron chi connectivity index (χ4n) is 1.62. The molecule has 2 aromatic heterocycles. The largest absolute Gasteiger partial charge is 0.324 e. The first-order valence-electron chi connectivity index (χ1n) is 4.79. The van der Waals surface area contributed by atoms with Crippen molar-refractivity contribution in [2.45, 2.75) is 0 Å². The molecule has 0 spiro atoms. The lowest BCUT2D eigenvalue weighted by molar-refractivity contribution is 1.01. The van der Waals surface area contributed by atoms with Gasteiger partial charge in [0.1, 0.15) is 0 Å². The second kappa shape index (κ2) is 3.71. The van der Waals surface area contributed by atoms with Gasteiger partial charge in [-0.15, -0.1) is 0 Å². The molecule has 16 heavy (non-hydrogen) atoms. The fraction of sp³-hybridized carbons (Fsp3) is 0.100. The fourth-order valence-corrected chi connectivity index (χ4v) is 1.95. The van der Waals surface area contributed by atoms with Crippen molar-refractivity contribution in [3.05, 3.63) is 29.1 Å². The molecule has 3 rings (SSSR count). The van der Waals surface area contributed by atoms with Crippen LogP contribution in [-0.2, 0) is 0 Å². The summed E-state index contributed by atoms with van der Waals surface area (Å²) < 4.78 is 0.942. The van der Waals surface area contributed by atoms with Crippen LogP contribution in [-0.4, -0.2) is 27.9 Å². The number of H-pyrrole nitrogens is 1. The second-order valence-electron chi connectivity index (χ2n) is 3.38. The summed E-state index contributed by atoms with van der Waals surface area (Å²) in [4.78, 5) is 10.3. The third kappa shape index (κ3) is 1.51. The molecular weight excluding hydrogens is 270 g/mol. The number of nitrogens with zero attached hydrogens (tertiary/aromatic N) is 4. The monoisotopic (exact) mass is 277 g/mol. The van der Waals surface area contributed by atoms with Crippen LogP contribution in [0.2, 0.25) is 0 Å². The van der Waals surface area contributed by atoms with Gasteiger partial charge in [0, 0.05) is 29.3 Å². The van der Waals surface area contributed by atoms with Gasteiger partial charge < -0.3 is 4.90 Å². The summed E-state index contributed by atoms with van der Waals surface area (Å²) in [6.45, 7) is 0.725. The Labute approximate surface area is 100 Å². The summed E-state index contributed by atoms with van der Waals surface area (Å²) >= 11 is 3.41. The zero-order chi connectivity index (χ0) is 11.0. The van der Waals surface area contributed by atoms with Gasteiger partial charge in [-0.3, -0.25) is 10.1 Å². The molecule has 0 atom stereocenters. The number of halogens is 1. The Hall–Kier alpha value is -1.69. The number of rotatable bonds is 1. The molecular formula is C10H8BrN5. The van der Waals surface area contributed by atoms with Crippen LogP contribution in [0.25, 0.3) is 11.0 Å². The summed E-state index contributed by atoms with van der Waals surface area (Å²) in [6, 6.07) is 2.00. The molecule has 0 bridgehead atoms. The average Bonchev–Trinajstić information content (AvgIpc) is 2.73. The first-order chi connectivity index (χ1) is 7.84. The number of aromatic nitrogens is 3. The van der Waals surface area contributed by atoms with Crippen LogP contribution in [0.1, 0.15) is 0 Å². The van der Waals surface area contributed by atoms with Crippen LogP contribution in [0.3, 0.4) is 0 Å². The van der Waals surface area contributed by atoms with E-state index in [2.05, 4.69) is 36.1 Å². The molecule has 0 amide bonds. The molecule has 2 aromatic rings. The van der Waals surface area contributed by atoms with Gasteiger partial charge in [0.2, 0.25) is 0 Å². The Morgan fingerprint density at radius 2 is 2.38 bits per heavy atom. The maximum absolute atomic E-state index is 4.26. The predicted molar refractivity (Wildman–Crippen MR) is 66.6 cm³/mol. The van der Waals surface area contributed by atoms with Crippen LogP contribution < -0.4 is 4.90 Å². The molecule has 5 nitrogen and oxygen atoms in total. The van der Waals surface area contributed by atoms with Crippen molar-refractivity contribution in [3.63, 3.8) is 0 Å². The van der Waals surface area contributed by atoms with E-state index in [1.807, 2.05) is 23.4 Å². The van der Waals surface area contributed by atoms with Gasteiger partial charge in [-0.25, -0.2) is 4.98 Å². The van der Waals surface area contributed by atoms with E-state index >= 15 is 0 Å².